The van der Waals surface area contributed by atoms with Crippen LogP contribution in [-0.2, 0) is 22.6 Å². The number of hydrogen-bond donors (Lipinski definition) is 0. The fourth-order valence-electron chi connectivity index (χ4n) is 5.17. The van der Waals surface area contributed by atoms with Crippen molar-refractivity contribution in [3.8, 4) is 0 Å². The van der Waals surface area contributed by atoms with Crippen molar-refractivity contribution in [1.29, 1.82) is 0 Å². The third-order valence-corrected chi connectivity index (χ3v) is 7.12. The van der Waals surface area contributed by atoms with Gasteiger partial charge in [0.2, 0.25) is 11.8 Å². The molecule has 1 saturated heterocycles. The lowest BCUT2D eigenvalue weighted by molar-refractivity contribution is -0.132. The zero-order chi connectivity index (χ0) is 23.1. The van der Waals surface area contributed by atoms with Crippen LogP contribution in [0.5, 0.6) is 0 Å². The van der Waals surface area contributed by atoms with Gasteiger partial charge in [0.25, 0.3) is 5.91 Å². The van der Waals surface area contributed by atoms with Gasteiger partial charge in [0, 0.05) is 68.8 Å². The minimum atomic E-state index is 0.00604. The van der Waals surface area contributed by atoms with Crippen molar-refractivity contribution < 1.29 is 14.4 Å². The number of rotatable bonds is 4. The lowest BCUT2D eigenvalue weighted by atomic mass is 9.95. The van der Waals surface area contributed by atoms with E-state index in [2.05, 4.69) is 0 Å². The molecule has 1 aromatic heterocycles. The van der Waals surface area contributed by atoms with Crippen LogP contribution < -0.4 is 4.90 Å². The number of piperidine rings is 1. The summed E-state index contributed by atoms with van der Waals surface area (Å²) in [5, 5.41) is 0. The van der Waals surface area contributed by atoms with E-state index in [1.54, 1.807) is 16.8 Å². The highest BCUT2D eigenvalue weighted by Gasteiger charge is 2.32. The number of amides is 3. The monoisotopic (exact) mass is 447 g/mol. The standard InChI is InChI=1S/C25H29N5O3/c1-16-19-9-10-21(31)28(2)24(19)27-23(26-16)18-7-5-12-29(15-18)22(32)11-13-30-14-17-6-3-4-8-20(17)25(30)33/h3-4,6,8,18H,5,7,9-15H2,1-2H3/t18-/m1/s1. The second kappa shape index (κ2) is 8.57. The van der Waals surface area contributed by atoms with E-state index in [0.717, 1.165) is 41.1 Å². The summed E-state index contributed by atoms with van der Waals surface area (Å²) < 4.78 is 0. The van der Waals surface area contributed by atoms with E-state index in [1.165, 1.54) is 0 Å². The Kier molecular flexibility index (Phi) is 5.60. The van der Waals surface area contributed by atoms with Crippen LogP contribution in [0.15, 0.2) is 24.3 Å². The maximum Gasteiger partial charge on any atom is 0.254 e. The Morgan fingerprint density at radius 2 is 1.97 bits per heavy atom. The van der Waals surface area contributed by atoms with Crippen LogP contribution >= 0.6 is 0 Å². The number of anilines is 1. The molecule has 0 saturated carbocycles. The van der Waals surface area contributed by atoms with E-state index in [4.69, 9.17) is 9.97 Å². The largest absolute Gasteiger partial charge is 0.342 e. The molecule has 1 aromatic carbocycles. The Labute approximate surface area is 193 Å². The lowest BCUT2D eigenvalue weighted by Gasteiger charge is -2.33. The number of aromatic nitrogens is 2. The van der Waals surface area contributed by atoms with Gasteiger partial charge in [-0.15, -0.1) is 0 Å². The molecule has 3 aliphatic heterocycles. The predicted octanol–water partition coefficient (Wildman–Crippen LogP) is 2.45. The summed E-state index contributed by atoms with van der Waals surface area (Å²) in [6.45, 7) is 4.26. The molecule has 0 bridgehead atoms. The molecule has 3 aliphatic rings. The first-order chi connectivity index (χ1) is 15.9. The second-order valence-corrected chi connectivity index (χ2v) is 9.23. The summed E-state index contributed by atoms with van der Waals surface area (Å²) in [7, 11) is 1.77. The topological polar surface area (TPSA) is 86.7 Å². The van der Waals surface area contributed by atoms with Gasteiger partial charge in [0.05, 0.1) is 0 Å². The van der Waals surface area contributed by atoms with E-state index in [9.17, 15) is 14.4 Å². The van der Waals surface area contributed by atoms with Crippen molar-refractivity contribution in [2.75, 3.05) is 31.6 Å². The molecule has 2 aromatic rings. The van der Waals surface area contributed by atoms with Crippen LogP contribution in [-0.4, -0.2) is 64.2 Å². The first-order valence-electron chi connectivity index (χ1n) is 11.7. The number of carbonyl (C=O) groups excluding carboxylic acids is 3. The Balaban J connectivity index is 1.24. The maximum absolute atomic E-state index is 13.0. The van der Waals surface area contributed by atoms with Crippen molar-refractivity contribution in [3.63, 3.8) is 0 Å². The summed E-state index contributed by atoms with van der Waals surface area (Å²) >= 11 is 0. The minimum absolute atomic E-state index is 0.00604. The fraction of sp³-hybridized carbons (Fsp3) is 0.480. The van der Waals surface area contributed by atoms with Crippen LogP contribution in [0.3, 0.4) is 0 Å². The summed E-state index contributed by atoms with van der Waals surface area (Å²) in [4.78, 5) is 52.5. The molecule has 8 heteroatoms. The van der Waals surface area contributed by atoms with Gasteiger partial charge in [-0.3, -0.25) is 19.3 Å². The van der Waals surface area contributed by atoms with Gasteiger partial charge in [0.15, 0.2) is 0 Å². The zero-order valence-electron chi connectivity index (χ0n) is 19.2. The van der Waals surface area contributed by atoms with Crippen LogP contribution in [0.1, 0.15) is 64.6 Å². The quantitative estimate of drug-likeness (QED) is 0.719. The highest BCUT2D eigenvalue weighted by molar-refractivity contribution is 5.98. The average Bonchev–Trinajstić information content (AvgIpc) is 3.15. The van der Waals surface area contributed by atoms with Crippen LogP contribution in [0.25, 0.3) is 0 Å². The summed E-state index contributed by atoms with van der Waals surface area (Å²) in [6.07, 6.45) is 3.29. The van der Waals surface area contributed by atoms with Gasteiger partial charge in [-0.25, -0.2) is 9.97 Å². The zero-order valence-corrected chi connectivity index (χ0v) is 19.2. The molecule has 3 amide bonds. The van der Waals surface area contributed by atoms with Crippen LogP contribution in [0.2, 0.25) is 0 Å². The Morgan fingerprint density at radius 1 is 1.15 bits per heavy atom. The number of hydrogen-bond acceptors (Lipinski definition) is 5. The summed E-state index contributed by atoms with van der Waals surface area (Å²) in [5.74, 6) is 1.62. The van der Waals surface area contributed by atoms with E-state index < -0.39 is 0 Å². The lowest BCUT2D eigenvalue weighted by Crippen LogP contribution is -2.41. The number of benzene rings is 1. The molecule has 0 radical (unpaired) electrons. The maximum atomic E-state index is 13.0. The second-order valence-electron chi connectivity index (χ2n) is 9.23. The summed E-state index contributed by atoms with van der Waals surface area (Å²) in [6, 6.07) is 7.63. The molecule has 0 spiro atoms. The van der Waals surface area contributed by atoms with Crippen molar-refractivity contribution in [2.24, 2.45) is 0 Å². The normalized spacial score (nSPS) is 20.2. The van der Waals surface area contributed by atoms with Gasteiger partial charge in [0.1, 0.15) is 11.6 Å². The van der Waals surface area contributed by atoms with E-state index in [0.29, 0.717) is 51.3 Å². The van der Waals surface area contributed by atoms with Crippen LogP contribution in [0.4, 0.5) is 5.82 Å². The van der Waals surface area contributed by atoms with E-state index in [1.807, 2.05) is 36.1 Å². The van der Waals surface area contributed by atoms with E-state index in [-0.39, 0.29) is 23.6 Å². The van der Waals surface area contributed by atoms with Gasteiger partial charge < -0.3 is 9.80 Å². The molecular weight excluding hydrogens is 418 g/mol. The first kappa shape index (κ1) is 21.6. The molecule has 172 valence electrons. The smallest absolute Gasteiger partial charge is 0.254 e. The number of aryl methyl sites for hydroxylation is 1. The molecule has 1 fully saturated rings. The predicted molar refractivity (Wildman–Crippen MR) is 123 cm³/mol. The highest BCUT2D eigenvalue weighted by atomic mass is 16.2. The Bertz CT molecular complexity index is 1130. The SMILES string of the molecule is Cc1nc([C@@H]2CCCN(C(=O)CCN3Cc4ccccc4C3=O)C2)nc2c1CCC(=O)N2C. The Morgan fingerprint density at radius 3 is 2.79 bits per heavy atom. The molecular formula is C25H29N5O3. The third kappa shape index (κ3) is 3.98. The Hall–Kier alpha value is -3.29. The number of likely N-dealkylation sites (tertiary alicyclic amines) is 1. The van der Waals surface area contributed by atoms with Crippen molar-refractivity contribution in [3.05, 3.63) is 52.5 Å². The van der Waals surface area contributed by atoms with Gasteiger partial charge in [-0.05, 0) is 37.8 Å². The first-order valence-corrected chi connectivity index (χ1v) is 11.7. The minimum Gasteiger partial charge on any atom is -0.342 e. The molecule has 0 unspecified atom stereocenters. The van der Waals surface area contributed by atoms with Gasteiger partial charge in [-0.1, -0.05) is 18.2 Å². The highest BCUT2D eigenvalue weighted by Crippen LogP contribution is 2.31. The van der Waals surface area contributed by atoms with Crippen LogP contribution in [0, 0.1) is 6.92 Å². The molecule has 33 heavy (non-hydrogen) atoms. The van der Waals surface area contributed by atoms with Crippen molar-refractivity contribution in [1.82, 2.24) is 19.8 Å². The number of nitrogens with zero attached hydrogens (tertiary/aromatic N) is 5. The van der Waals surface area contributed by atoms with Crippen molar-refractivity contribution in [2.45, 2.75) is 51.5 Å². The van der Waals surface area contributed by atoms with Gasteiger partial charge >= 0.3 is 0 Å². The summed E-state index contributed by atoms with van der Waals surface area (Å²) in [5.41, 5.74) is 3.73. The molecule has 1 atom stereocenters. The number of carbonyl (C=O) groups is 3. The molecule has 8 nitrogen and oxygen atoms in total. The molecule has 4 heterocycles. The molecule has 0 N–H and O–H groups in total. The third-order valence-electron chi connectivity index (χ3n) is 7.12. The van der Waals surface area contributed by atoms with E-state index >= 15 is 0 Å². The number of fused-ring (bicyclic) bond motifs is 2. The fourth-order valence-corrected chi connectivity index (χ4v) is 5.17. The average molecular weight is 448 g/mol. The molecule has 5 rings (SSSR count). The van der Waals surface area contributed by atoms with Gasteiger partial charge in [-0.2, -0.15) is 0 Å². The molecule has 0 aliphatic carbocycles. The van der Waals surface area contributed by atoms with Crippen molar-refractivity contribution >= 4 is 23.5 Å².